The van der Waals surface area contributed by atoms with Crippen molar-refractivity contribution in [1.29, 1.82) is 0 Å². The van der Waals surface area contributed by atoms with E-state index in [0.717, 1.165) is 12.8 Å². The second-order valence-electron chi connectivity index (χ2n) is 5.35. The molecule has 0 radical (unpaired) electrons. The van der Waals surface area contributed by atoms with Crippen LogP contribution in [0.5, 0.6) is 0 Å². The molecule has 0 aromatic heterocycles. The van der Waals surface area contributed by atoms with Gasteiger partial charge in [-0.2, -0.15) is 17.0 Å². The largest absolute Gasteiger partial charge is 0.469 e. The standard InChI is InChI=1S/C12H24N2O4S/c1-10(2)9-14(11-5-6-11)19(16,17)13(3)8-7-12(15)18-4/h10-11H,5-9H2,1-4H3. The lowest BCUT2D eigenvalue weighted by Gasteiger charge is -2.28. The third-order valence-electron chi connectivity index (χ3n) is 3.05. The number of nitrogens with zero attached hydrogens (tertiary/aromatic N) is 2. The van der Waals surface area contributed by atoms with Crippen LogP contribution in [0.1, 0.15) is 33.1 Å². The molecule has 0 aromatic carbocycles. The van der Waals surface area contributed by atoms with Crippen molar-refractivity contribution in [3.63, 3.8) is 0 Å². The summed E-state index contributed by atoms with van der Waals surface area (Å²) in [4.78, 5) is 11.1. The zero-order valence-electron chi connectivity index (χ0n) is 12.1. The molecule has 1 rings (SSSR count). The van der Waals surface area contributed by atoms with Crippen molar-refractivity contribution in [3.05, 3.63) is 0 Å². The van der Waals surface area contributed by atoms with E-state index in [1.807, 2.05) is 13.8 Å². The molecule has 112 valence electrons. The minimum absolute atomic E-state index is 0.0758. The maximum absolute atomic E-state index is 12.4. The van der Waals surface area contributed by atoms with Crippen molar-refractivity contribution in [1.82, 2.24) is 8.61 Å². The molecule has 1 saturated carbocycles. The van der Waals surface area contributed by atoms with Crippen LogP contribution in [0, 0.1) is 5.92 Å². The van der Waals surface area contributed by atoms with Gasteiger partial charge in [0.05, 0.1) is 13.5 Å². The topological polar surface area (TPSA) is 66.9 Å². The van der Waals surface area contributed by atoms with Gasteiger partial charge in [-0.3, -0.25) is 4.79 Å². The second kappa shape index (κ2) is 6.67. The van der Waals surface area contributed by atoms with Crippen LogP contribution in [0.25, 0.3) is 0 Å². The minimum atomic E-state index is -3.48. The third-order valence-corrected chi connectivity index (χ3v) is 5.06. The van der Waals surface area contributed by atoms with Crippen molar-refractivity contribution in [2.24, 2.45) is 5.92 Å². The number of carbonyl (C=O) groups is 1. The predicted molar refractivity (Wildman–Crippen MR) is 72.7 cm³/mol. The molecule has 0 bridgehead atoms. The Morgan fingerprint density at radius 2 is 1.95 bits per heavy atom. The minimum Gasteiger partial charge on any atom is -0.469 e. The van der Waals surface area contributed by atoms with Gasteiger partial charge in [0, 0.05) is 26.2 Å². The van der Waals surface area contributed by atoms with Crippen LogP contribution in [0.2, 0.25) is 0 Å². The predicted octanol–water partition coefficient (Wildman–Crippen LogP) is 0.846. The van der Waals surface area contributed by atoms with Gasteiger partial charge in [0.25, 0.3) is 10.2 Å². The Morgan fingerprint density at radius 3 is 2.37 bits per heavy atom. The Hall–Kier alpha value is -0.660. The van der Waals surface area contributed by atoms with E-state index in [0.29, 0.717) is 6.54 Å². The number of carbonyl (C=O) groups excluding carboxylic acids is 1. The first kappa shape index (κ1) is 16.4. The second-order valence-corrected chi connectivity index (χ2v) is 7.34. The molecule has 1 fully saturated rings. The molecule has 0 aromatic rings. The van der Waals surface area contributed by atoms with E-state index in [4.69, 9.17) is 0 Å². The van der Waals surface area contributed by atoms with E-state index in [9.17, 15) is 13.2 Å². The lowest BCUT2D eigenvalue weighted by atomic mass is 10.2. The zero-order chi connectivity index (χ0) is 14.6. The van der Waals surface area contributed by atoms with Crippen LogP contribution in [0.4, 0.5) is 0 Å². The fourth-order valence-electron chi connectivity index (χ4n) is 1.80. The first-order valence-electron chi connectivity index (χ1n) is 6.59. The summed E-state index contributed by atoms with van der Waals surface area (Å²) in [5.41, 5.74) is 0. The molecular formula is C12H24N2O4S. The van der Waals surface area contributed by atoms with Crippen LogP contribution in [-0.2, 0) is 19.7 Å². The molecule has 0 spiro atoms. The maximum atomic E-state index is 12.4. The van der Waals surface area contributed by atoms with Gasteiger partial charge >= 0.3 is 5.97 Å². The van der Waals surface area contributed by atoms with Gasteiger partial charge in [-0.1, -0.05) is 13.8 Å². The van der Waals surface area contributed by atoms with Gasteiger partial charge in [-0.05, 0) is 18.8 Å². The third kappa shape index (κ3) is 4.74. The van der Waals surface area contributed by atoms with Gasteiger partial charge in [-0.25, -0.2) is 0 Å². The summed E-state index contributed by atoms with van der Waals surface area (Å²) in [7, 11) is -0.672. The zero-order valence-corrected chi connectivity index (χ0v) is 12.9. The molecule has 6 nitrogen and oxygen atoms in total. The van der Waals surface area contributed by atoms with Gasteiger partial charge in [0.1, 0.15) is 0 Å². The molecule has 0 N–H and O–H groups in total. The molecule has 7 heteroatoms. The van der Waals surface area contributed by atoms with Crippen LogP contribution in [0.3, 0.4) is 0 Å². The van der Waals surface area contributed by atoms with Gasteiger partial charge in [0.15, 0.2) is 0 Å². The molecule has 0 amide bonds. The summed E-state index contributed by atoms with van der Waals surface area (Å²) in [6.07, 6.45) is 1.93. The number of methoxy groups -OCH3 is 1. The van der Waals surface area contributed by atoms with E-state index in [1.54, 1.807) is 4.31 Å². The van der Waals surface area contributed by atoms with Crippen molar-refractivity contribution < 1.29 is 17.9 Å². The normalized spacial score (nSPS) is 16.4. The van der Waals surface area contributed by atoms with E-state index in [2.05, 4.69) is 4.74 Å². The average molecular weight is 292 g/mol. The van der Waals surface area contributed by atoms with Crippen LogP contribution >= 0.6 is 0 Å². The van der Waals surface area contributed by atoms with Gasteiger partial charge < -0.3 is 4.74 Å². The van der Waals surface area contributed by atoms with Crippen molar-refractivity contribution in [3.8, 4) is 0 Å². The molecule has 0 atom stereocenters. The van der Waals surface area contributed by atoms with Crippen molar-refractivity contribution in [2.75, 3.05) is 27.2 Å². The van der Waals surface area contributed by atoms with Crippen LogP contribution in [-0.4, -0.2) is 56.3 Å². The molecule has 19 heavy (non-hydrogen) atoms. The Morgan fingerprint density at radius 1 is 1.37 bits per heavy atom. The highest BCUT2D eigenvalue weighted by Crippen LogP contribution is 2.30. The number of rotatable bonds is 8. The smallest absolute Gasteiger partial charge is 0.306 e. The van der Waals surface area contributed by atoms with E-state index in [-0.39, 0.29) is 24.9 Å². The number of ether oxygens (including phenoxy) is 1. The first-order chi connectivity index (χ1) is 8.78. The maximum Gasteiger partial charge on any atom is 0.306 e. The first-order valence-corrected chi connectivity index (χ1v) is 7.98. The van der Waals surface area contributed by atoms with Crippen molar-refractivity contribution >= 4 is 16.2 Å². The summed E-state index contributed by atoms with van der Waals surface area (Å²) in [6.45, 7) is 4.67. The highest BCUT2D eigenvalue weighted by Gasteiger charge is 2.39. The summed E-state index contributed by atoms with van der Waals surface area (Å²) >= 11 is 0. The summed E-state index contributed by atoms with van der Waals surface area (Å²) in [5.74, 6) is -0.117. The highest BCUT2D eigenvalue weighted by molar-refractivity contribution is 7.86. The number of esters is 1. The lowest BCUT2D eigenvalue weighted by Crippen LogP contribution is -2.45. The van der Waals surface area contributed by atoms with Gasteiger partial charge in [0.2, 0.25) is 0 Å². The Kier molecular flexibility index (Phi) is 5.76. The molecule has 1 aliphatic rings. The van der Waals surface area contributed by atoms with Gasteiger partial charge in [-0.15, -0.1) is 0 Å². The molecule has 0 heterocycles. The Labute approximate surface area is 115 Å². The SMILES string of the molecule is COC(=O)CCN(C)S(=O)(=O)N(CC(C)C)C1CC1. The molecule has 0 saturated heterocycles. The summed E-state index contributed by atoms with van der Waals surface area (Å²) in [5, 5.41) is 0. The lowest BCUT2D eigenvalue weighted by molar-refractivity contribution is -0.140. The molecule has 1 aliphatic carbocycles. The molecule has 0 unspecified atom stereocenters. The summed E-state index contributed by atoms with van der Waals surface area (Å²) in [6, 6.07) is 0.132. The fourth-order valence-corrected chi connectivity index (χ4v) is 3.55. The Bertz CT molecular complexity index is 404. The highest BCUT2D eigenvalue weighted by atomic mass is 32.2. The Balaban J connectivity index is 2.67. The molecular weight excluding hydrogens is 268 g/mol. The fraction of sp³-hybridized carbons (Fsp3) is 0.917. The quantitative estimate of drug-likeness (QED) is 0.622. The number of hydrogen-bond donors (Lipinski definition) is 0. The van der Waals surface area contributed by atoms with E-state index >= 15 is 0 Å². The van der Waals surface area contributed by atoms with E-state index in [1.165, 1.54) is 18.5 Å². The van der Waals surface area contributed by atoms with Crippen LogP contribution in [0.15, 0.2) is 0 Å². The van der Waals surface area contributed by atoms with Crippen LogP contribution < -0.4 is 0 Å². The van der Waals surface area contributed by atoms with Crippen molar-refractivity contribution in [2.45, 2.75) is 39.2 Å². The van der Waals surface area contributed by atoms with E-state index < -0.39 is 16.2 Å². The summed E-state index contributed by atoms with van der Waals surface area (Å²) < 4.78 is 32.2. The monoisotopic (exact) mass is 292 g/mol. The number of hydrogen-bond acceptors (Lipinski definition) is 4. The average Bonchev–Trinajstić information content (AvgIpc) is 3.15. The molecule has 0 aliphatic heterocycles.